The highest BCUT2D eigenvalue weighted by Gasteiger charge is 2.15. The lowest BCUT2D eigenvalue weighted by molar-refractivity contribution is -0.132. The molecule has 0 saturated carbocycles. The summed E-state index contributed by atoms with van der Waals surface area (Å²) in [5.74, 6) is -0.0118. The molecular formula is C9H20N2O2. The van der Waals surface area contributed by atoms with Crippen molar-refractivity contribution in [2.75, 3.05) is 26.8 Å². The third-order valence-electron chi connectivity index (χ3n) is 1.91. The van der Waals surface area contributed by atoms with Gasteiger partial charge < -0.3 is 15.4 Å². The molecule has 0 aromatic rings. The Morgan fingerprint density at radius 1 is 1.54 bits per heavy atom. The van der Waals surface area contributed by atoms with Gasteiger partial charge in [-0.15, -0.1) is 0 Å². The number of amides is 1. The summed E-state index contributed by atoms with van der Waals surface area (Å²) >= 11 is 0. The number of hydrogen-bond donors (Lipinski definition) is 1. The van der Waals surface area contributed by atoms with E-state index in [1.165, 1.54) is 0 Å². The zero-order valence-corrected chi connectivity index (χ0v) is 8.75. The van der Waals surface area contributed by atoms with E-state index in [4.69, 9.17) is 10.5 Å². The zero-order chi connectivity index (χ0) is 10.3. The molecule has 2 N–H and O–H groups in total. The fourth-order valence-electron chi connectivity index (χ4n) is 0.914. The molecule has 0 aromatic heterocycles. The number of rotatable bonds is 6. The number of nitrogens with two attached hydrogens (primary N) is 1. The molecule has 1 amide bonds. The number of nitrogens with zero attached hydrogens (tertiary/aromatic N) is 1. The lowest BCUT2D eigenvalue weighted by Gasteiger charge is -2.20. The molecule has 0 spiro atoms. The van der Waals surface area contributed by atoms with Crippen molar-refractivity contribution in [2.45, 2.75) is 26.3 Å². The highest BCUT2D eigenvalue weighted by atomic mass is 16.5. The number of likely N-dealkylation sites (N-methyl/N-ethyl adjacent to an activating group) is 1. The average Bonchev–Trinajstić information content (AvgIpc) is 2.15. The number of carbonyl (C=O) groups excluding carboxylic acids is 1. The van der Waals surface area contributed by atoms with Crippen LogP contribution in [0.4, 0.5) is 0 Å². The summed E-state index contributed by atoms with van der Waals surface area (Å²) in [5, 5.41) is 0. The summed E-state index contributed by atoms with van der Waals surface area (Å²) in [6, 6.07) is -0.369. The van der Waals surface area contributed by atoms with E-state index in [1.54, 1.807) is 11.9 Å². The summed E-state index contributed by atoms with van der Waals surface area (Å²) in [6.07, 6.45) is 0.678. The third-order valence-corrected chi connectivity index (χ3v) is 1.91. The first kappa shape index (κ1) is 12.4. The van der Waals surface area contributed by atoms with Gasteiger partial charge in [0.1, 0.15) is 0 Å². The van der Waals surface area contributed by atoms with Crippen LogP contribution < -0.4 is 5.73 Å². The first-order valence-electron chi connectivity index (χ1n) is 4.71. The smallest absolute Gasteiger partial charge is 0.239 e. The highest BCUT2D eigenvalue weighted by molar-refractivity contribution is 5.81. The monoisotopic (exact) mass is 188 g/mol. The molecule has 78 valence electrons. The molecule has 0 aliphatic rings. The molecule has 0 saturated heterocycles. The lowest BCUT2D eigenvalue weighted by atomic mass is 10.2. The predicted octanol–water partition coefficient (Wildman–Crippen LogP) is 0.219. The van der Waals surface area contributed by atoms with Gasteiger partial charge >= 0.3 is 0 Å². The van der Waals surface area contributed by atoms with E-state index in [0.717, 1.165) is 0 Å². The molecule has 13 heavy (non-hydrogen) atoms. The maximum atomic E-state index is 11.4. The minimum Gasteiger partial charge on any atom is -0.380 e. The quantitative estimate of drug-likeness (QED) is 0.607. The number of ether oxygens (including phenoxy) is 1. The molecule has 4 nitrogen and oxygen atoms in total. The van der Waals surface area contributed by atoms with Crippen LogP contribution in [-0.2, 0) is 9.53 Å². The second-order valence-electron chi connectivity index (χ2n) is 2.97. The Balaban J connectivity index is 3.69. The van der Waals surface area contributed by atoms with Gasteiger partial charge in [-0.05, 0) is 13.3 Å². The molecule has 0 aliphatic carbocycles. The van der Waals surface area contributed by atoms with Gasteiger partial charge in [-0.1, -0.05) is 6.92 Å². The maximum Gasteiger partial charge on any atom is 0.239 e. The molecule has 0 rings (SSSR count). The van der Waals surface area contributed by atoms with Crippen molar-refractivity contribution in [3.05, 3.63) is 0 Å². The van der Waals surface area contributed by atoms with Crippen molar-refractivity contribution in [3.63, 3.8) is 0 Å². The first-order chi connectivity index (χ1) is 6.13. The Bertz CT molecular complexity index is 151. The van der Waals surface area contributed by atoms with E-state index in [9.17, 15) is 4.79 Å². The Hall–Kier alpha value is -0.610. The molecular weight excluding hydrogens is 168 g/mol. The second-order valence-corrected chi connectivity index (χ2v) is 2.97. The first-order valence-corrected chi connectivity index (χ1v) is 4.71. The predicted molar refractivity (Wildman–Crippen MR) is 52.4 cm³/mol. The fourth-order valence-corrected chi connectivity index (χ4v) is 0.914. The summed E-state index contributed by atoms with van der Waals surface area (Å²) in [4.78, 5) is 13.0. The summed E-state index contributed by atoms with van der Waals surface area (Å²) < 4.78 is 5.13. The molecule has 0 aromatic carbocycles. The Morgan fingerprint density at radius 3 is 2.62 bits per heavy atom. The molecule has 0 radical (unpaired) electrons. The van der Waals surface area contributed by atoms with Crippen LogP contribution in [-0.4, -0.2) is 43.7 Å². The van der Waals surface area contributed by atoms with Crippen molar-refractivity contribution in [2.24, 2.45) is 5.73 Å². The summed E-state index contributed by atoms with van der Waals surface area (Å²) in [7, 11) is 1.75. The SMILES string of the molecule is CCOCCN(C)C(=O)[C@@H](N)CC. The van der Waals surface area contributed by atoms with Gasteiger partial charge in [-0.25, -0.2) is 0 Å². The van der Waals surface area contributed by atoms with Gasteiger partial charge in [0.15, 0.2) is 0 Å². The van der Waals surface area contributed by atoms with Crippen LogP contribution in [0.1, 0.15) is 20.3 Å². The van der Waals surface area contributed by atoms with Crippen LogP contribution in [0.5, 0.6) is 0 Å². The van der Waals surface area contributed by atoms with Gasteiger partial charge in [0.05, 0.1) is 12.6 Å². The molecule has 1 atom stereocenters. The topological polar surface area (TPSA) is 55.6 Å². The third kappa shape index (κ3) is 4.85. The fraction of sp³-hybridized carbons (Fsp3) is 0.889. The van der Waals surface area contributed by atoms with E-state index in [0.29, 0.717) is 26.2 Å². The van der Waals surface area contributed by atoms with Gasteiger partial charge in [0, 0.05) is 20.2 Å². The molecule has 0 fully saturated rings. The van der Waals surface area contributed by atoms with Crippen LogP contribution in [0.25, 0.3) is 0 Å². The van der Waals surface area contributed by atoms with E-state index in [-0.39, 0.29) is 11.9 Å². The van der Waals surface area contributed by atoms with Gasteiger partial charge in [-0.2, -0.15) is 0 Å². The Labute approximate surface area is 80.0 Å². The zero-order valence-electron chi connectivity index (χ0n) is 8.75. The van der Waals surface area contributed by atoms with Crippen molar-refractivity contribution in [3.8, 4) is 0 Å². The average molecular weight is 188 g/mol. The van der Waals surface area contributed by atoms with Crippen LogP contribution >= 0.6 is 0 Å². The van der Waals surface area contributed by atoms with Crippen molar-refractivity contribution in [1.29, 1.82) is 0 Å². The molecule has 0 bridgehead atoms. The van der Waals surface area contributed by atoms with E-state index in [2.05, 4.69) is 0 Å². The van der Waals surface area contributed by atoms with Crippen LogP contribution in [0.15, 0.2) is 0 Å². The van der Waals surface area contributed by atoms with Crippen LogP contribution in [0.3, 0.4) is 0 Å². The number of carbonyl (C=O) groups is 1. The standard InChI is InChI=1S/C9H20N2O2/c1-4-8(10)9(12)11(3)6-7-13-5-2/h8H,4-7,10H2,1-3H3/t8-/m0/s1. The molecule has 0 heterocycles. The largest absolute Gasteiger partial charge is 0.380 e. The van der Waals surface area contributed by atoms with Gasteiger partial charge in [0.25, 0.3) is 0 Å². The highest BCUT2D eigenvalue weighted by Crippen LogP contribution is 1.93. The summed E-state index contributed by atoms with van der Waals surface area (Å²) in [6.45, 7) is 5.70. The van der Waals surface area contributed by atoms with E-state index in [1.807, 2.05) is 13.8 Å². The van der Waals surface area contributed by atoms with Crippen molar-refractivity contribution < 1.29 is 9.53 Å². The van der Waals surface area contributed by atoms with Crippen molar-refractivity contribution >= 4 is 5.91 Å². The molecule has 4 heteroatoms. The minimum atomic E-state index is -0.369. The minimum absolute atomic E-state index is 0.0118. The number of hydrogen-bond acceptors (Lipinski definition) is 3. The Kier molecular flexibility index (Phi) is 6.54. The Morgan fingerprint density at radius 2 is 2.15 bits per heavy atom. The van der Waals surface area contributed by atoms with E-state index >= 15 is 0 Å². The van der Waals surface area contributed by atoms with E-state index < -0.39 is 0 Å². The van der Waals surface area contributed by atoms with Crippen LogP contribution in [0.2, 0.25) is 0 Å². The summed E-state index contributed by atoms with van der Waals surface area (Å²) in [5.41, 5.74) is 5.59. The molecule has 0 aliphatic heterocycles. The van der Waals surface area contributed by atoms with Gasteiger partial charge in [-0.3, -0.25) is 4.79 Å². The van der Waals surface area contributed by atoms with Gasteiger partial charge in [0.2, 0.25) is 5.91 Å². The molecule has 0 unspecified atom stereocenters. The normalized spacial score (nSPS) is 12.6. The second kappa shape index (κ2) is 6.86. The lowest BCUT2D eigenvalue weighted by Crippen LogP contribution is -2.42. The maximum absolute atomic E-state index is 11.4. The van der Waals surface area contributed by atoms with Crippen LogP contribution in [0, 0.1) is 0 Å². The van der Waals surface area contributed by atoms with Crippen molar-refractivity contribution in [1.82, 2.24) is 4.90 Å².